The summed E-state index contributed by atoms with van der Waals surface area (Å²) in [6, 6.07) is 2.00. The van der Waals surface area contributed by atoms with Crippen molar-refractivity contribution in [3.05, 3.63) is 17.0 Å². The van der Waals surface area contributed by atoms with Gasteiger partial charge in [0.25, 0.3) is 0 Å². The summed E-state index contributed by atoms with van der Waals surface area (Å²) in [4.78, 5) is 12.6. The lowest BCUT2D eigenvalue weighted by molar-refractivity contribution is -0.150. The van der Waals surface area contributed by atoms with Crippen molar-refractivity contribution in [2.75, 3.05) is 0 Å². The van der Waals surface area contributed by atoms with Crippen molar-refractivity contribution < 1.29 is 9.90 Å². The minimum Gasteiger partial charge on any atom is -0.481 e. The standard InChI is InChI=1S/C13H18N4O2S/c1-4-13(5-2,12(18)19)8-17-11(14-15-16-17)10-9(3)6-7-20-10/h6-7H,4-5,8H2,1-3H3,(H,18,19). The molecule has 0 aliphatic heterocycles. The number of aryl methyl sites for hydroxylation is 1. The largest absolute Gasteiger partial charge is 0.481 e. The predicted molar refractivity (Wildman–Crippen MR) is 76.5 cm³/mol. The van der Waals surface area contributed by atoms with E-state index >= 15 is 0 Å². The predicted octanol–water partition coefficient (Wildman–Crippen LogP) is 2.60. The number of aromatic nitrogens is 4. The van der Waals surface area contributed by atoms with Crippen molar-refractivity contribution in [1.29, 1.82) is 0 Å². The third-order valence-electron chi connectivity index (χ3n) is 3.86. The Balaban J connectivity index is 2.38. The van der Waals surface area contributed by atoms with E-state index in [-0.39, 0.29) is 6.54 Å². The second-order valence-corrected chi connectivity index (χ2v) is 5.80. The van der Waals surface area contributed by atoms with Gasteiger partial charge in [-0.05, 0) is 47.2 Å². The highest BCUT2D eigenvalue weighted by molar-refractivity contribution is 7.13. The average molecular weight is 294 g/mol. The molecule has 2 rings (SSSR count). The number of hydrogen-bond acceptors (Lipinski definition) is 5. The van der Waals surface area contributed by atoms with Crippen LogP contribution in [0.25, 0.3) is 10.7 Å². The van der Waals surface area contributed by atoms with Crippen molar-refractivity contribution >= 4 is 17.3 Å². The third kappa shape index (κ3) is 2.45. The van der Waals surface area contributed by atoms with Gasteiger partial charge >= 0.3 is 5.97 Å². The first-order chi connectivity index (χ1) is 9.54. The van der Waals surface area contributed by atoms with Crippen LogP contribution in [0.4, 0.5) is 0 Å². The van der Waals surface area contributed by atoms with Crippen LogP contribution in [0.15, 0.2) is 11.4 Å². The summed E-state index contributed by atoms with van der Waals surface area (Å²) in [6.07, 6.45) is 1.09. The van der Waals surface area contributed by atoms with Gasteiger partial charge in [0.15, 0.2) is 5.82 Å². The first kappa shape index (κ1) is 14.6. The van der Waals surface area contributed by atoms with Gasteiger partial charge in [-0.3, -0.25) is 4.79 Å². The number of rotatable bonds is 6. The molecule has 0 aromatic carbocycles. The molecule has 2 aromatic heterocycles. The van der Waals surface area contributed by atoms with Crippen molar-refractivity contribution in [3.8, 4) is 10.7 Å². The van der Waals surface area contributed by atoms with E-state index in [1.165, 1.54) is 0 Å². The van der Waals surface area contributed by atoms with Crippen LogP contribution in [-0.2, 0) is 11.3 Å². The van der Waals surface area contributed by atoms with Crippen molar-refractivity contribution in [1.82, 2.24) is 20.2 Å². The molecule has 0 spiro atoms. The van der Waals surface area contributed by atoms with Crippen molar-refractivity contribution in [3.63, 3.8) is 0 Å². The van der Waals surface area contributed by atoms with Gasteiger partial charge in [-0.15, -0.1) is 16.4 Å². The molecule has 0 atom stereocenters. The molecule has 0 saturated carbocycles. The number of carbonyl (C=O) groups is 1. The molecular formula is C13H18N4O2S. The van der Waals surface area contributed by atoms with Gasteiger partial charge in [-0.2, -0.15) is 0 Å². The third-order valence-corrected chi connectivity index (χ3v) is 4.87. The molecule has 6 nitrogen and oxygen atoms in total. The second-order valence-electron chi connectivity index (χ2n) is 4.89. The zero-order valence-corrected chi connectivity index (χ0v) is 12.6. The maximum atomic E-state index is 11.6. The van der Waals surface area contributed by atoms with Crippen LogP contribution < -0.4 is 0 Å². The number of nitrogens with zero attached hydrogens (tertiary/aromatic N) is 4. The molecule has 0 amide bonds. The molecule has 0 saturated heterocycles. The maximum Gasteiger partial charge on any atom is 0.311 e. The molecule has 108 valence electrons. The maximum absolute atomic E-state index is 11.6. The highest BCUT2D eigenvalue weighted by Gasteiger charge is 2.36. The van der Waals surface area contributed by atoms with Crippen LogP contribution in [0.2, 0.25) is 0 Å². The van der Waals surface area contributed by atoms with Crippen LogP contribution in [0.5, 0.6) is 0 Å². The molecule has 20 heavy (non-hydrogen) atoms. The molecule has 0 aliphatic carbocycles. The fraction of sp³-hybridized carbons (Fsp3) is 0.538. The smallest absolute Gasteiger partial charge is 0.311 e. The number of tetrazole rings is 1. The summed E-state index contributed by atoms with van der Waals surface area (Å²) in [7, 11) is 0. The molecule has 0 aliphatic rings. The fourth-order valence-electron chi connectivity index (χ4n) is 2.21. The Kier molecular flexibility index (Phi) is 4.17. The summed E-state index contributed by atoms with van der Waals surface area (Å²) in [6.45, 7) is 6.06. The molecule has 1 N–H and O–H groups in total. The van der Waals surface area contributed by atoms with Gasteiger partial charge in [0, 0.05) is 0 Å². The van der Waals surface area contributed by atoms with E-state index in [1.807, 2.05) is 32.2 Å². The normalized spacial score (nSPS) is 11.8. The van der Waals surface area contributed by atoms with Gasteiger partial charge < -0.3 is 5.11 Å². The zero-order valence-electron chi connectivity index (χ0n) is 11.8. The Labute approximate surface area is 121 Å². The number of aliphatic carboxylic acids is 1. The van der Waals surface area contributed by atoms with E-state index in [1.54, 1.807) is 16.0 Å². The van der Waals surface area contributed by atoms with Gasteiger partial charge in [-0.1, -0.05) is 13.8 Å². The van der Waals surface area contributed by atoms with Crippen molar-refractivity contribution in [2.24, 2.45) is 5.41 Å². The van der Waals surface area contributed by atoms with E-state index in [2.05, 4.69) is 15.5 Å². The molecule has 0 radical (unpaired) electrons. The minimum atomic E-state index is -0.824. The summed E-state index contributed by atoms with van der Waals surface area (Å²) in [5.74, 6) is -0.156. The second kappa shape index (κ2) is 5.70. The van der Waals surface area contributed by atoms with E-state index in [0.29, 0.717) is 18.7 Å². The molecule has 0 fully saturated rings. The van der Waals surface area contributed by atoms with Gasteiger partial charge in [0.1, 0.15) is 0 Å². The van der Waals surface area contributed by atoms with Crippen LogP contribution in [0, 0.1) is 12.3 Å². The molecule has 0 bridgehead atoms. The number of hydrogen-bond donors (Lipinski definition) is 1. The average Bonchev–Trinajstić information content (AvgIpc) is 3.04. The Morgan fingerprint density at radius 3 is 2.65 bits per heavy atom. The number of thiophene rings is 1. The molecule has 7 heteroatoms. The number of carboxylic acids is 1. The van der Waals surface area contributed by atoms with E-state index in [9.17, 15) is 9.90 Å². The highest BCUT2D eigenvalue weighted by atomic mass is 32.1. The highest BCUT2D eigenvalue weighted by Crippen LogP contribution is 2.32. The van der Waals surface area contributed by atoms with Gasteiger partial charge in [0.2, 0.25) is 0 Å². The summed E-state index contributed by atoms with van der Waals surface area (Å²) < 4.78 is 1.61. The Morgan fingerprint density at radius 1 is 1.45 bits per heavy atom. The van der Waals surface area contributed by atoms with Gasteiger partial charge in [-0.25, -0.2) is 4.68 Å². The molecule has 0 unspecified atom stereocenters. The Morgan fingerprint density at radius 2 is 2.15 bits per heavy atom. The Bertz CT molecular complexity index is 601. The fourth-order valence-corrected chi connectivity index (χ4v) is 3.12. The SMILES string of the molecule is CCC(CC)(Cn1nnnc1-c1sccc1C)C(=O)O. The summed E-state index contributed by atoms with van der Waals surface area (Å²) in [5.41, 5.74) is 0.273. The first-order valence-corrected chi connectivity index (χ1v) is 7.46. The van der Waals surface area contributed by atoms with E-state index in [0.717, 1.165) is 10.4 Å². The lowest BCUT2D eigenvalue weighted by atomic mass is 9.82. The van der Waals surface area contributed by atoms with Crippen molar-refractivity contribution in [2.45, 2.75) is 40.2 Å². The number of carboxylic acid groups (broad SMARTS) is 1. The lowest BCUT2D eigenvalue weighted by Crippen LogP contribution is -2.35. The van der Waals surface area contributed by atoms with Crippen LogP contribution >= 0.6 is 11.3 Å². The zero-order chi connectivity index (χ0) is 14.8. The van der Waals surface area contributed by atoms with Gasteiger partial charge in [0.05, 0.1) is 16.8 Å². The minimum absolute atomic E-state index is 0.287. The molecular weight excluding hydrogens is 276 g/mol. The summed E-state index contributed by atoms with van der Waals surface area (Å²) in [5, 5.41) is 23.2. The topological polar surface area (TPSA) is 80.9 Å². The Hall–Kier alpha value is -1.76. The van der Waals surface area contributed by atoms with Crippen LogP contribution in [-0.4, -0.2) is 31.3 Å². The first-order valence-electron chi connectivity index (χ1n) is 6.58. The molecule has 2 aromatic rings. The van der Waals surface area contributed by atoms with Crippen LogP contribution in [0.3, 0.4) is 0 Å². The quantitative estimate of drug-likeness (QED) is 0.885. The monoisotopic (exact) mass is 294 g/mol. The van der Waals surface area contributed by atoms with E-state index < -0.39 is 11.4 Å². The summed E-state index contributed by atoms with van der Waals surface area (Å²) >= 11 is 1.56. The van der Waals surface area contributed by atoms with Crippen LogP contribution in [0.1, 0.15) is 32.3 Å². The van der Waals surface area contributed by atoms with E-state index in [4.69, 9.17) is 0 Å². The lowest BCUT2D eigenvalue weighted by Gasteiger charge is -2.26. The molecule has 2 heterocycles.